The van der Waals surface area contributed by atoms with Gasteiger partial charge in [-0.2, -0.15) is 0 Å². The Hall–Kier alpha value is -1.85. The fraction of sp³-hybridized carbons (Fsp3) is 0.133. The number of carbonyl (C=O) groups excluding carboxylic acids is 1. The number of phenols is 1. The zero-order chi connectivity index (χ0) is 14.7. The third-order valence-electron chi connectivity index (χ3n) is 2.87. The van der Waals surface area contributed by atoms with E-state index in [0.717, 1.165) is 0 Å². The van der Waals surface area contributed by atoms with Gasteiger partial charge in [0.2, 0.25) is 0 Å². The molecule has 0 fully saturated rings. The van der Waals surface area contributed by atoms with Crippen molar-refractivity contribution in [2.75, 3.05) is 5.32 Å². The number of aliphatic hydroxyl groups excluding tert-OH is 1. The second-order valence-electron chi connectivity index (χ2n) is 4.38. The summed E-state index contributed by atoms with van der Waals surface area (Å²) in [4.78, 5) is 12.1. The number of hydrogen-bond donors (Lipinski definition) is 3. The Morgan fingerprint density at radius 1 is 1.25 bits per heavy atom. The summed E-state index contributed by atoms with van der Waals surface area (Å²) in [6.45, 7) is 1.64. The number of nitrogens with one attached hydrogen (secondary N) is 1. The molecule has 2 rings (SSSR count). The highest BCUT2D eigenvalue weighted by Gasteiger charge is 2.12. The molecule has 0 heterocycles. The first-order valence-corrected chi connectivity index (χ1v) is 6.85. The molecule has 2 aromatic rings. The van der Waals surface area contributed by atoms with Crippen molar-refractivity contribution < 1.29 is 15.0 Å². The van der Waals surface area contributed by atoms with E-state index >= 15 is 0 Å². The standard InChI is InChI=1S/C15H14BrNO3/c1-9(18)11-4-2-3-5-13(11)17-15(20)10-6-7-12(16)14(19)8-10/h2-9,18-19H,1H3,(H,17,20). The van der Waals surface area contributed by atoms with Crippen molar-refractivity contribution in [1.82, 2.24) is 0 Å². The predicted octanol–water partition coefficient (Wildman–Crippen LogP) is 3.46. The summed E-state index contributed by atoms with van der Waals surface area (Å²) in [6, 6.07) is 11.6. The van der Waals surface area contributed by atoms with Gasteiger partial charge in [-0.15, -0.1) is 0 Å². The maximum Gasteiger partial charge on any atom is 0.255 e. The molecule has 0 aromatic heterocycles. The molecule has 0 radical (unpaired) electrons. The monoisotopic (exact) mass is 335 g/mol. The minimum Gasteiger partial charge on any atom is -0.507 e. The maximum absolute atomic E-state index is 12.1. The topological polar surface area (TPSA) is 69.6 Å². The molecule has 0 aliphatic rings. The molecule has 4 nitrogen and oxygen atoms in total. The molecule has 0 aliphatic carbocycles. The summed E-state index contributed by atoms with van der Waals surface area (Å²) in [5.41, 5.74) is 1.53. The van der Waals surface area contributed by atoms with E-state index in [-0.39, 0.29) is 11.7 Å². The van der Waals surface area contributed by atoms with Crippen LogP contribution in [0.15, 0.2) is 46.9 Å². The largest absolute Gasteiger partial charge is 0.507 e. The van der Waals surface area contributed by atoms with Crippen LogP contribution in [0.2, 0.25) is 0 Å². The van der Waals surface area contributed by atoms with Crippen LogP contribution in [0.3, 0.4) is 0 Å². The molecular weight excluding hydrogens is 322 g/mol. The van der Waals surface area contributed by atoms with Crippen LogP contribution in [0, 0.1) is 0 Å². The van der Waals surface area contributed by atoms with Crippen LogP contribution >= 0.6 is 15.9 Å². The second kappa shape index (κ2) is 6.07. The highest BCUT2D eigenvalue weighted by Crippen LogP contribution is 2.26. The smallest absolute Gasteiger partial charge is 0.255 e. The van der Waals surface area contributed by atoms with Crippen molar-refractivity contribution in [3.8, 4) is 5.75 Å². The summed E-state index contributed by atoms with van der Waals surface area (Å²) >= 11 is 3.16. The van der Waals surface area contributed by atoms with Crippen molar-refractivity contribution in [1.29, 1.82) is 0 Å². The second-order valence-corrected chi connectivity index (χ2v) is 5.24. The number of anilines is 1. The van der Waals surface area contributed by atoms with Crippen LogP contribution in [0.25, 0.3) is 0 Å². The van der Waals surface area contributed by atoms with E-state index in [1.54, 1.807) is 43.3 Å². The van der Waals surface area contributed by atoms with Gasteiger partial charge in [0.1, 0.15) is 5.75 Å². The fourth-order valence-corrected chi connectivity index (χ4v) is 2.07. The number of amides is 1. The van der Waals surface area contributed by atoms with Crippen LogP contribution in [0.5, 0.6) is 5.75 Å². The van der Waals surface area contributed by atoms with Gasteiger partial charge in [0.15, 0.2) is 0 Å². The molecule has 1 amide bonds. The van der Waals surface area contributed by atoms with E-state index in [2.05, 4.69) is 21.2 Å². The average molecular weight is 336 g/mol. The van der Waals surface area contributed by atoms with Crippen LogP contribution < -0.4 is 5.32 Å². The number of para-hydroxylation sites is 1. The van der Waals surface area contributed by atoms with Crippen molar-refractivity contribution in [2.45, 2.75) is 13.0 Å². The highest BCUT2D eigenvalue weighted by molar-refractivity contribution is 9.10. The van der Waals surface area contributed by atoms with Crippen LogP contribution in [0.4, 0.5) is 5.69 Å². The van der Waals surface area contributed by atoms with E-state index in [4.69, 9.17) is 0 Å². The molecule has 0 saturated carbocycles. The number of aromatic hydroxyl groups is 1. The van der Waals surface area contributed by atoms with E-state index < -0.39 is 6.10 Å². The molecule has 0 bridgehead atoms. The van der Waals surface area contributed by atoms with Gasteiger partial charge >= 0.3 is 0 Å². The number of carbonyl (C=O) groups is 1. The van der Waals surface area contributed by atoms with E-state index in [9.17, 15) is 15.0 Å². The SMILES string of the molecule is CC(O)c1ccccc1NC(=O)c1ccc(Br)c(O)c1. The number of halogens is 1. The summed E-state index contributed by atoms with van der Waals surface area (Å²) in [7, 11) is 0. The van der Waals surface area contributed by atoms with Crippen molar-refractivity contribution in [3.05, 3.63) is 58.1 Å². The predicted molar refractivity (Wildman–Crippen MR) is 80.8 cm³/mol. The molecule has 0 saturated heterocycles. The van der Waals surface area contributed by atoms with Gasteiger partial charge in [-0.05, 0) is 47.1 Å². The maximum atomic E-state index is 12.1. The van der Waals surface area contributed by atoms with E-state index in [1.807, 2.05) is 0 Å². The van der Waals surface area contributed by atoms with Gasteiger partial charge in [0.25, 0.3) is 5.91 Å². The third-order valence-corrected chi connectivity index (χ3v) is 3.54. The lowest BCUT2D eigenvalue weighted by Gasteiger charge is -2.13. The Morgan fingerprint density at radius 3 is 2.60 bits per heavy atom. The Labute approximate surface area is 125 Å². The minimum absolute atomic E-state index is 0.00135. The first-order valence-electron chi connectivity index (χ1n) is 6.06. The Kier molecular flexibility index (Phi) is 4.42. The highest BCUT2D eigenvalue weighted by atomic mass is 79.9. The van der Waals surface area contributed by atoms with Gasteiger partial charge in [0.05, 0.1) is 10.6 Å². The Morgan fingerprint density at radius 2 is 1.95 bits per heavy atom. The molecule has 1 unspecified atom stereocenters. The van der Waals surface area contributed by atoms with E-state index in [0.29, 0.717) is 21.3 Å². The van der Waals surface area contributed by atoms with Crippen molar-refractivity contribution in [2.24, 2.45) is 0 Å². The zero-order valence-corrected chi connectivity index (χ0v) is 12.4. The quantitative estimate of drug-likeness (QED) is 0.804. The minimum atomic E-state index is -0.676. The molecule has 0 aliphatic heterocycles. The van der Waals surface area contributed by atoms with Crippen molar-refractivity contribution in [3.63, 3.8) is 0 Å². The zero-order valence-electron chi connectivity index (χ0n) is 10.8. The first-order chi connectivity index (χ1) is 9.49. The van der Waals surface area contributed by atoms with Crippen LogP contribution in [-0.4, -0.2) is 16.1 Å². The third kappa shape index (κ3) is 3.18. The first kappa shape index (κ1) is 14.6. The summed E-state index contributed by atoms with van der Waals surface area (Å²) in [5.74, 6) is -0.345. The normalized spacial score (nSPS) is 11.9. The van der Waals surface area contributed by atoms with Crippen LogP contribution in [-0.2, 0) is 0 Å². The number of hydrogen-bond acceptors (Lipinski definition) is 3. The molecular formula is C15H14BrNO3. The number of benzene rings is 2. The lowest BCUT2D eigenvalue weighted by atomic mass is 10.1. The molecule has 104 valence electrons. The number of aliphatic hydroxyl groups is 1. The van der Waals surface area contributed by atoms with Gasteiger partial charge < -0.3 is 15.5 Å². The Bertz CT molecular complexity index is 641. The average Bonchev–Trinajstić information content (AvgIpc) is 2.42. The molecule has 20 heavy (non-hydrogen) atoms. The van der Waals surface area contributed by atoms with Crippen molar-refractivity contribution >= 4 is 27.5 Å². The lowest BCUT2D eigenvalue weighted by Crippen LogP contribution is -2.13. The molecule has 2 aromatic carbocycles. The molecule has 3 N–H and O–H groups in total. The molecule has 1 atom stereocenters. The van der Waals surface area contributed by atoms with Gasteiger partial charge in [-0.3, -0.25) is 4.79 Å². The molecule has 5 heteroatoms. The summed E-state index contributed by atoms with van der Waals surface area (Å²) < 4.78 is 0.526. The Balaban J connectivity index is 2.26. The number of phenolic OH excluding ortho intramolecular Hbond substituents is 1. The van der Waals surface area contributed by atoms with Gasteiger partial charge in [0, 0.05) is 16.8 Å². The molecule has 0 spiro atoms. The van der Waals surface area contributed by atoms with Gasteiger partial charge in [-0.1, -0.05) is 18.2 Å². The summed E-state index contributed by atoms with van der Waals surface area (Å²) in [6.07, 6.45) is -0.676. The van der Waals surface area contributed by atoms with E-state index in [1.165, 1.54) is 6.07 Å². The van der Waals surface area contributed by atoms with Gasteiger partial charge in [-0.25, -0.2) is 0 Å². The number of rotatable bonds is 3. The van der Waals surface area contributed by atoms with Crippen LogP contribution in [0.1, 0.15) is 28.9 Å². The lowest BCUT2D eigenvalue weighted by molar-refractivity contribution is 0.102. The summed E-state index contributed by atoms with van der Waals surface area (Å²) in [5, 5.41) is 22.0. The fourth-order valence-electron chi connectivity index (χ4n) is 1.82.